The molecule has 1 unspecified atom stereocenters. The van der Waals surface area contributed by atoms with Crippen LogP contribution in [0.1, 0.15) is 43.9 Å². The van der Waals surface area contributed by atoms with Crippen LogP contribution in [0.4, 0.5) is 10.1 Å². The van der Waals surface area contributed by atoms with Crippen LogP contribution in [-0.2, 0) is 16.0 Å². The molecule has 1 aliphatic rings. The summed E-state index contributed by atoms with van der Waals surface area (Å²) in [6.07, 6.45) is 9.20. The smallest absolute Gasteiger partial charge is 0.248 e. The maximum Gasteiger partial charge on any atom is 0.248 e. The molecule has 0 spiro atoms. The number of hydrogen-bond acceptors (Lipinski definition) is 4. The number of carbonyl (C=O) groups excluding carboxylic acids is 2. The van der Waals surface area contributed by atoms with E-state index in [1.807, 2.05) is 36.8 Å². The molecule has 1 saturated carbocycles. The number of thioether (sulfide) groups is 1. The van der Waals surface area contributed by atoms with Crippen molar-refractivity contribution >= 4 is 40.6 Å². The Labute approximate surface area is 191 Å². The van der Waals surface area contributed by atoms with Crippen LogP contribution in [0.15, 0.2) is 52.8 Å². The lowest BCUT2D eigenvalue weighted by Gasteiger charge is -2.34. The molecule has 2 amide bonds. The first-order valence-electron chi connectivity index (χ1n) is 10.6. The fourth-order valence-corrected chi connectivity index (χ4v) is 5.37. The second kappa shape index (κ2) is 11.5. The summed E-state index contributed by atoms with van der Waals surface area (Å²) in [6, 6.07) is 8.99. The van der Waals surface area contributed by atoms with Gasteiger partial charge in [-0.25, -0.2) is 4.39 Å². The molecule has 1 aromatic heterocycles. The Hall–Kier alpha value is -2.12. The van der Waals surface area contributed by atoms with E-state index in [-0.39, 0.29) is 24.3 Å². The van der Waals surface area contributed by atoms with Crippen molar-refractivity contribution in [3.05, 3.63) is 63.5 Å². The summed E-state index contributed by atoms with van der Waals surface area (Å²) < 4.78 is 14.1. The average Bonchev–Trinajstić information content (AvgIpc) is 3.27. The molecule has 7 heteroatoms. The number of benzene rings is 1. The van der Waals surface area contributed by atoms with Gasteiger partial charge in [0.1, 0.15) is 11.9 Å². The normalized spacial score (nSPS) is 16.0. The zero-order valence-electron chi connectivity index (χ0n) is 18.0. The molecule has 1 heterocycles. The first kappa shape index (κ1) is 23.5. The molecular formula is C24H29FN2O2S2. The summed E-state index contributed by atoms with van der Waals surface area (Å²) >= 11 is 2.93. The highest BCUT2D eigenvalue weighted by atomic mass is 32.2. The molecule has 4 nitrogen and oxygen atoms in total. The molecule has 0 bridgehead atoms. The minimum Gasteiger partial charge on any atom is -0.351 e. The number of rotatable bonds is 8. The van der Waals surface area contributed by atoms with Crippen molar-refractivity contribution in [2.75, 3.05) is 11.2 Å². The first-order valence-corrected chi connectivity index (χ1v) is 12.7. The van der Waals surface area contributed by atoms with Crippen molar-refractivity contribution in [1.82, 2.24) is 5.32 Å². The Bertz CT molecular complexity index is 908. The number of hydrogen-bond donors (Lipinski definition) is 1. The van der Waals surface area contributed by atoms with E-state index in [1.54, 1.807) is 12.1 Å². The number of halogens is 1. The van der Waals surface area contributed by atoms with Crippen LogP contribution < -0.4 is 10.2 Å². The van der Waals surface area contributed by atoms with Gasteiger partial charge in [0.15, 0.2) is 0 Å². The number of allylic oxidation sites excluding steroid dienone is 1. The van der Waals surface area contributed by atoms with Crippen molar-refractivity contribution in [2.45, 2.75) is 57.5 Å². The maximum absolute atomic E-state index is 14.1. The predicted octanol–water partition coefficient (Wildman–Crippen LogP) is 5.55. The van der Waals surface area contributed by atoms with Gasteiger partial charge in [0, 0.05) is 21.5 Å². The molecule has 3 rings (SSSR count). The number of nitrogens with one attached hydrogen (secondary N) is 1. The lowest BCUT2D eigenvalue weighted by atomic mass is 9.95. The van der Waals surface area contributed by atoms with Crippen molar-refractivity contribution in [2.24, 2.45) is 0 Å². The molecule has 0 aliphatic heterocycles. The van der Waals surface area contributed by atoms with Gasteiger partial charge < -0.3 is 5.32 Å². The largest absolute Gasteiger partial charge is 0.351 e. The van der Waals surface area contributed by atoms with Crippen molar-refractivity contribution in [1.29, 1.82) is 0 Å². The molecule has 0 saturated heterocycles. The molecular weight excluding hydrogens is 431 g/mol. The van der Waals surface area contributed by atoms with E-state index in [2.05, 4.69) is 5.32 Å². The van der Waals surface area contributed by atoms with Crippen LogP contribution in [0, 0.1) is 5.82 Å². The molecule has 166 valence electrons. The van der Waals surface area contributed by atoms with Gasteiger partial charge in [-0.15, -0.1) is 23.1 Å². The standard InChI is InChI=1S/C24H29FN2O2S2/c1-3-21(30-2)23(24(29)26-18-10-5-4-6-11-18)27(19-12-7-9-17(25)15-19)22(28)16-20-13-8-14-31-20/h3,7-9,12-15,18,23H,4-6,10-11,16H2,1-2H3,(H,26,29)/b21-3-. The van der Waals surface area contributed by atoms with E-state index in [0.717, 1.165) is 35.5 Å². The van der Waals surface area contributed by atoms with Crippen molar-refractivity contribution in [3.63, 3.8) is 0 Å². The van der Waals surface area contributed by atoms with Gasteiger partial charge in [-0.1, -0.05) is 37.5 Å². The quantitative estimate of drug-likeness (QED) is 0.562. The highest BCUT2D eigenvalue weighted by Crippen LogP contribution is 2.29. The Morgan fingerprint density at radius 2 is 2.03 bits per heavy atom. The topological polar surface area (TPSA) is 49.4 Å². The van der Waals surface area contributed by atoms with Crippen LogP contribution in [0.25, 0.3) is 0 Å². The minimum absolute atomic E-state index is 0.116. The fourth-order valence-electron chi connectivity index (χ4n) is 4.00. The minimum atomic E-state index is -0.837. The molecule has 1 fully saturated rings. The third-order valence-electron chi connectivity index (χ3n) is 5.51. The molecule has 1 atom stereocenters. The third-order valence-corrected chi connectivity index (χ3v) is 7.32. The zero-order valence-corrected chi connectivity index (χ0v) is 19.6. The summed E-state index contributed by atoms with van der Waals surface area (Å²) in [6.45, 7) is 1.86. The monoisotopic (exact) mass is 460 g/mol. The predicted molar refractivity (Wildman–Crippen MR) is 128 cm³/mol. The van der Waals surface area contributed by atoms with Crippen LogP contribution in [0.3, 0.4) is 0 Å². The van der Waals surface area contributed by atoms with Gasteiger partial charge in [-0.2, -0.15) is 0 Å². The summed E-state index contributed by atoms with van der Waals surface area (Å²) in [4.78, 5) is 30.2. The average molecular weight is 461 g/mol. The third kappa shape index (κ3) is 6.20. The second-order valence-electron chi connectivity index (χ2n) is 7.64. The second-order valence-corrected chi connectivity index (χ2v) is 9.55. The van der Waals surface area contributed by atoms with Gasteiger partial charge >= 0.3 is 0 Å². The summed E-state index contributed by atoms with van der Waals surface area (Å²) in [5.41, 5.74) is 0.388. The summed E-state index contributed by atoms with van der Waals surface area (Å²) in [5.74, 6) is -0.882. The molecule has 1 aliphatic carbocycles. The number of amides is 2. The van der Waals surface area contributed by atoms with Gasteiger partial charge in [-0.3, -0.25) is 14.5 Å². The maximum atomic E-state index is 14.1. The summed E-state index contributed by atoms with van der Waals surface area (Å²) in [7, 11) is 0. The molecule has 0 radical (unpaired) electrons. The zero-order chi connectivity index (χ0) is 22.2. The van der Waals surface area contributed by atoms with E-state index >= 15 is 0 Å². The highest BCUT2D eigenvalue weighted by Gasteiger charge is 2.35. The van der Waals surface area contributed by atoms with E-state index in [4.69, 9.17) is 0 Å². The Balaban J connectivity index is 1.98. The van der Waals surface area contributed by atoms with Crippen LogP contribution in [0.2, 0.25) is 0 Å². The van der Waals surface area contributed by atoms with Gasteiger partial charge in [0.05, 0.1) is 6.42 Å². The van der Waals surface area contributed by atoms with E-state index in [0.29, 0.717) is 5.69 Å². The molecule has 2 aromatic rings. The van der Waals surface area contributed by atoms with Crippen molar-refractivity contribution in [3.8, 4) is 0 Å². The SMILES string of the molecule is C/C=C(\SC)C(C(=O)NC1CCCCC1)N(C(=O)Cc1cccs1)c1cccc(F)c1. The van der Waals surface area contributed by atoms with Gasteiger partial charge in [0.25, 0.3) is 0 Å². The highest BCUT2D eigenvalue weighted by molar-refractivity contribution is 8.02. The molecule has 1 N–H and O–H groups in total. The van der Waals surface area contributed by atoms with E-state index < -0.39 is 11.9 Å². The number of carbonyl (C=O) groups is 2. The van der Waals surface area contributed by atoms with E-state index in [1.165, 1.54) is 46.6 Å². The first-order chi connectivity index (χ1) is 15.0. The van der Waals surface area contributed by atoms with Crippen molar-refractivity contribution < 1.29 is 14.0 Å². The molecule has 31 heavy (non-hydrogen) atoms. The van der Waals surface area contributed by atoms with Crippen LogP contribution >= 0.6 is 23.1 Å². The lowest BCUT2D eigenvalue weighted by Crippen LogP contribution is -2.53. The Kier molecular flexibility index (Phi) is 8.72. The van der Waals surface area contributed by atoms with Crippen LogP contribution in [-0.4, -0.2) is 30.2 Å². The number of nitrogens with zero attached hydrogens (tertiary/aromatic N) is 1. The summed E-state index contributed by atoms with van der Waals surface area (Å²) in [5, 5.41) is 5.09. The lowest BCUT2D eigenvalue weighted by molar-refractivity contribution is -0.126. The fraction of sp³-hybridized carbons (Fsp3) is 0.417. The number of thiophene rings is 1. The number of anilines is 1. The Morgan fingerprint density at radius 3 is 2.65 bits per heavy atom. The Morgan fingerprint density at radius 1 is 1.26 bits per heavy atom. The van der Waals surface area contributed by atoms with Gasteiger partial charge in [-0.05, 0) is 55.7 Å². The van der Waals surface area contributed by atoms with Crippen LogP contribution in [0.5, 0.6) is 0 Å². The molecule has 1 aromatic carbocycles. The van der Waals surface area contributed by atoms with Gasteiger partial charge in [0.2, 0.25) is 11.8 Å². The van der Waals surface area contributed by atoms with E-state index in [9.17, 15) is 14.0 Å².